The van der Waals surface area contributed by atoms with Crippen molar-refractivity contribution in [2.75, 3.05) is 18.4 Å². The van der Waals surface area contributed by atoms with E-state index < -0.39 is 0 Å². The molecule has 0 aromatic heterocycles. The maximum atomic E-state index is 6.10. The molecule has 1 heterocycles. The van der Waals surface area contributed by atoms with Gasteiger partial charge in [0.25, 0.3) is 0 Å². The summed E-state index contributed by atoms with van der Waals surface area (Å²) in [5.74, 6) is 0.825. The third kappa shape index (κ3) is 2.18. The second-order valence-corrected chi connectivity index (χ2v) is 5.01. The molecule has 1 aliphatic rings. The SMILES string of the molecule is Cc1c(Cl)cc(Br)c(NC2=NCCN2)c1C. The predicted molar refractivity (Wildman–Crippen MR) is 72.6 cm³/mol. The number of nitrogens with zero attached hydrogens (tertiary/aromatic N) is 1. The molecule has 1 aliphatic heterocycles. The quantitative estimate of drug-likeness (QED) is 0.836. The van der Waals surface area contributed by atoms with Gasteiger partial charge in [-0.05, 0) is 47.0 Å². The van der Waals surface area contributed by atoms with Crippen molar-refractivity contribution >= 4 is 39.2 Å². The van der Waals surface area contributed by atoms with Crippen molar-refractivity contribution in [1.82, 2.24) is 5.32 Å². The molecule has 0 aliphatic carbocycles. The molecule has 0 atom stereocenters. The molecule has 2 rings (SSSR count). The summed E-state index contributed by atoms with van der Waals surface area (Å²) in [4.78, 5) is 4.31. The van der Waals surface area contributed by atoms with Gasteiger partial charge in [-0.25, -0.2) is 0 Å². The van der Waals surface area contributed by atoms with Gasteiger partial charge in [0.15, 0.2) is 5.96 Å². The first-order chi connectivity index (χ1) is 7.59. The predicted octanol–water partition coefficient (Wildman–Crippen LogP) is 3.09. The van der Waals surface area contributed by atoms with Crippen molar-refractivity contribution in [2.45, 2.75) is 13.8 Å². The summed E-state index contributed by atoms with van der Waals surface area (Å²) in [6.07, 6.45) is 0. The molecule has 0 spiro atoms. The molecule has 5 heteroatoms. The summed E-state index contributed by atoms with van der Waals surface area (Å²) in [6, 6.07) is 1.90. The van der Waals surface area contributed by atoms with E-state index in [1.54, 1.807) is 0 Å². The molecule has 0 saturated carbocycles. The van der Waals surface area contributed by atoms with Gasteiger partial charge in [0.2, 0.25) is 0 Å². The van der Waals surface area contributed by atoms with E-state index >= 15 is 0 Å². The Hall–Kier alpha value is -0.740. The van der Waals surface area contributed by atoms with E-state index in [1.165, 1.54) is 0 Å². The highest BCUT2D eigenvalue weighted by Gasteiger charge is 2.13. The molecule has 0 unspecified atom stereocenters. The number of guanidine groups is 1. The van der Waals surface area contributed by atoms with Crippen molar-refractivity contribution in [1.29, 1.82) is 0 Å². The summed E-state index contributed by atoms with van der Waals surface area (Å²) in [6.45, 7) is 5.78. The highest BCUT2D eigenvalue weighted by atomic mass is 79.9. The van der Waals surface area contributed by atoms with Crippen molar-refractivity contribution in [2.24, 2.45) is 4.99 Å². The van der Waals surface area contributed by atoms with Gasteiger partial charge in [0.05, 0.1) is 12.2 Å². The third-order valence-electron chi connectivity index (χ3n) is 2.71. The first kappa shape index (κ1) is 11.7. The van der Waals surface area contributed by atoms with Gasteiger partial charge in [-0.1, -0.05) is 11.6 Å². The monoisotopic (exact) mass is 301 g/mol. The van der Waals surface area contributed by atoms with Gasteiger partial charge >= 0.3 is 0 Å². The molecule has 0 saturated heterocycles. The lowest BCUT2D eigenvalue weighted by molar-refractivity contribution is 0.959. The fraction of sp³-hybridized carbons (Fsp3) is 0.364. The van der Waals surface area contributed by atoms with E-state index in [2.05, 4.69) is 31.6 Å². The van der Waals surface area contributed by atoms with Crippen LogP contribution in [0.5, 0.6) is 0 Å². The number of nitrogens with one attached hydrogen (secondary N) is 2. The van der Waals surface area contributed by atoms with Crippen LogP contribution >= 0.6 is 27.5 Å². The van der Waals surface area contributed by atoms with Crippen LogP contribution in [0.4, 0.5) is 5.69 Å². The average Bonchev–Trinajstić information content (AvgIpc) is 2.74. The van der Waals surface area contributed by atoms with Crippen LogP contribution < -0.4 is 10.6 Å². The fourth-order valence-electron chi connectivity index (χ4n) is 1.59. The molecule has 3 nitrogen and oxygen atoms in total. The zero-order chi connectivity index (χ0) is 11.7. The van der Waals surface area contributed by atoms with Gasteiger partial charge in [-0.15, -0.1) is 0 Å². The van der Waals surface area contributed by atoms with Crippen LogP contribution in [0.1, 0.15) is 11.1 Å². The van der Waals surface area contributed by atoms with E-state index in [1.807, 2.05) is 19.9 Å². The van der Waals surface area contributed by atoms with E-state index in [0.29, 0.717) is 0 Å². The van der Waals surface area contributed by atoms with Crippen LogP contribution in [0.25, 0.3) is 0 Å². The van der Waals surface area contributed by atoms with Crippen molar-refractivity contribution < 1.29 is 0 Å². The number of hydrogen-bond acceptors (Lipinski definition) is 3. The first-order valence-corrected chi connectivity index (χ1v) is 6.27. The number of halogens is 2. The number of hydrogen-bond donors (Lipinski definition) is 2. The fourth-order valence-corrected chi connectivity index (χ4v) is 2.60. The standard InChI is InChI=1S/C11H13BrClN3/c1-6-7(2)10(8(12)5-9(6)13)16-11-14-3-4-15-11/h5H,3-4H2,1-2H3,(H2,14,15,16). The molecule has 16 heavy (non-hydrogen) atoms. The number of benzene rings is 1. The number of rotatable bonds is 1. The highest BCUT2D eigenvalue weighted by molar-refractivity contribution is 9.10. The molecular weight excluding hydrogens is 289 g/mol. The van der Waals surface area contributed by atoms with E-state index in [9.17, 15) is 0 Å². The Morgan fingerprint density at radius 3 is 2.81 bits per heavy atom. The van der Waals surface area contributed by atoms with Gasteiger partial charge in [-0.3, -0.25) is 4.99 Å². The molecule has 0 amide bonds. The third-order valence-corrected chi connectivity index (χ3v) is 3.72. The lowest BCUT2D eigenvalue weighted by Gasteiger charge is -2.15. The van der Waals surface area contributed by atoms with E-state index in [-0.39, 0.29) is 0 Å². The second kappa shape index (κ2) is 4.63. The Bertz CT molecular complexity index is 457. The van der Waals surface area contributed by atoms with E-state index in [4.69, 9.17) is 11.6 Å². The Kier molecular flexibility index (Phi) is 3.40. The van der Waals surface area contributed by atoms with Crippen LogP contribution in [0, 0.1) is 13.8 Å². The lowest BCUT2D eigenvalue weighted by Crippen LogP contribution is -2.26. The van der Waals surface area contributed by atoms with Crippen LogP contribution in [-0.2, 0) is 0 Å². The summed E-state index contributed by atoms with van der Waals surface area (Å²) in [5.41, 5.74) is 3.25. The maximum Gasteiger partial charge on any atom is 0.195 e. The van der Waals surface area contributed by atoms with Crippen LogP contribution in [0.15, 0.2) is 15.5 Å². The minimum atomic E-state index is 0.774. The van der Waals surface area contributed by atoms with Crippen LogP contribution in [0.3, 0.4) is 0 Å². The second-order valence-electron chi connectivity index (χ2n) is 3.75. The summed E-state index contributed by atoms with van der Waals surface area (Å²) >= 11 is 9.61. The van der Waals surface area contributed by atoms with Gasteiger partial charge in [0, 0.05) is 16.0 Å². The Labute approximate surface area is 108 Å². The molecule has 0 fully saturated rings. The van der Waals surface area contributed by atoms with Crippen molar-refractivity contribution in [3.63, 3.8) is 0 Å². The summed E-state index contributed by atoms with van der Waals surface area (Å²) in [7, 11) is 0. The van der Waals surface area contributed by atoms with Gasteiger partial charge in [-0.2, -0.15) is 0 Å². The van der Waals surface area contributed by atoms with Crippen molar-refractivity contribution in [3.8, 4) is 0 Å². The first-order valence-electron chi connectivity index (χ1n) is 5.10. The Morgan fingerprint density at radius 2 is 2.19 bits per heavy atom. The molecular formula is C11H13BrClN3. The van der Waals surface area contributed by atoms with Crippen LogP contribution in [-0.4, -0.2) is 19.0 Å². The minimum Gasteiger partial charge on any atom is -0.354 e. The number of aliphatic imine (C=N–C) groups is 1. The van der Waals surface area contributed by atoms with Crippen molar-refractivity contribution in [3.05, 3.63) is 26.7 Å². The van der Waals surface area contributed by atoms with Crippen LogP contribution in [0.2, 0.25) is 5.02 Å². The minimum absolute atomic E-state index is 0.774. The lowest BCUT2D eigenvalue weighted by atomic mass is 10.1. The molecule has 1 aromatic carbocycles. The maximum absolute atomic E-state index is 6.10. The zero-order valence-electron chi connectivity index (χ0n) is 9.19. The molecule has 2 N–H and O–H groups in total. The topological polar surface area (TPSA) is 36.4 Å². The summed E-state index contributed by atoms with van der Waals surface area (Å²) in [5, 5.41) is 7.23. The smallest absolute Gasteiger partial charge is 0.195 e. The molecule has 86 valence electrons. The Balaban J connectivity index is 2.36. The molecule has 0 radical (unpaired) electrons. The molecule has 0 bridgehead atoms. The van der Waals surface area contributed by atoms with Gasteiger partial charge in [0.1, 0.15) is 0 Å². The van der Waals surface area contributed by atoms with E-state index in [0.717, 1.165) is 45.4 Å². The summed E-state index contributed by atoms with van der Waals surface area (Å²) < 4.78 is 0.956. The average molecular weight is 303 g/mol. The zero-order valence-corrected chi connectivity index (χ0v) is 11.5. The Morgan fingerprint density at radius 1 is 1.44 bits per heavy atom. The number of anilines is 1. The normalized spacial score (nSPS) is 14.6. The largest absolute Gasteiger partial charge is 0.354 e. The highest BCUT2D eigenvalue weighted by Crippen LogP contribution is 2.33. The molecule has 1 aromatic rings. The van der Waals surface area contributed by atoms with Gasteiger partial charge < -0.3 is 10.6 Å².